The quantitative estimate of drug-likeness (QED) is 0.725. The Hall–Kier alpha value is -1.87. The van der Waals surface area contributed by atoms with Crippen molar-refractivity contribution in [1.82, 2.24) is 9.62 Å². The van der Waals surface area contributed by atoms with Crippen molar-refractivity contribution >= 4 is 21.9 Å². The van der Waals surface area contributed by atoms with E-state index in [0.717, 1.165) is 4.31 Å². The number of rotatable bonds is 7. The number of furan rings is 1. The molecular formula is C11H16N2O6S. The van der Waals surface area contributed by atoms with Gasteiger partial charge < -0.3 is 14.8 Å². The molecule has 0 aliphatic rings. The number of sulfonamides is 1. The van der Waals surface area contributed by atoms with E-state index in [-0.39, 0.29) is 30.4 Å². The number of nitrogens with zero attached hydrogens (tertiary/aromatic N) is 1. The van der Waals surface area contributed by atoms with Crippen LogP contribution in [-0.4, -0.2) is 49.1 Å². The molecule has 0 bridgehead atoms. The Morgan fingerprint density at radius 1 is 1.40 bits per heavy atom. The fraction of sp³-hybridized carbons (Fsp3) is 0.455. The molecule has 0 aromatic carbocycles. The zero-order chi connectivity index (χ0) is 15.3. The first-order valence-electron chi connectivity index (χ1n) is 5.79. The predicted octanol–water partition coefficient (Wildman–Crippen LogP) is -0.124. The minimum absolute atomic E-state index is 0.00781. The van der Waals surface area contributed by atoms with E-state index in [1.165, 1.54) is 26.1 Å². The van der Waals surface area contributed by atoms with E-state index in [1.54, 1.807) is 0 Å². The molecule has 1 aromatic heterocycles. The molecule has 0 saturated carbocycles. The summed E-state index contributed by atoms with van der Waals surface area (Å²) in [6, 6.07) is 2.70. The molecule has 112 valence electrons. The highest BCUT2D eigenvalue weighted by atomic mass is 32.2. The van der Waals surface area contributed by atoms with Crippen molar-refractivity contribution in [2.45, 2.75) is 13.5 Å². The number of carboxylic acids is 1. The van der Waals surface area contributed by atoms with Crippen molar-refractivity contribution in [1.29, 1.82) is 0 Å². The van der Waals surface area contributed by atoms with E-state index in [4.69, 9.17) is 9.52 Å². The highest BCUT2D eigenvalue weighted by molar-refractivity contribution is 7.89. The van der Waals surface area contributed by atoms with Gasteiger partial charge in [-0.05, 0) is 19.1 Å². The Morgan fingerprint density at radius 2 is 2.05 bits per heavy atom. The van der Waals surface area contributed by atoms with Gasteiger partial charge in [-0.25, -0.2) is 13.2 Å². The Balaban J connectivity index is 2.49. The lowest BCUT2D eigenvalue weighted by atomic mass is 10.4. The summed E-state index contributed by atoms with van der Waals surface area (Å²) in [6.07, 6.45) is 0. The first-order chi connectivity index (χ1) is 9.26. The van der Waals surface area contributed by atoms with Crippen molar-refractivity contribution in [2.24, 2.45) is 0 Å². The Labute approximate surface area is 116 Å². The fourth-order valence-electron chi connectivity index (χ4n) is 1.35. The van der Waals surface area contributed by atoms with E-state index in [9.17, 15) is 18.0 Å². The van der Waals surface area contributed by atoms with Crippen molar-refractivity contribution in [3.63, 3.8) is 0 Å². The molecule has 0 aliphatic heterocycles. The summed E-state index contributed by atoms with van der Waals surface area (Å²) in [4.78, 5) is 22.1. The van der Waals surface area contributed by atoms with Gasteiger partial charge in [0, 0.05) is 7.05 Å². The van der Waals surface area contributed by atoms with Crippen LogP contribution in [0.2, 0.25) is 0 Å². The Bertz CT molecular complexity index is 592. The Kier molecular flexibility index (Phi) is 5.28. The maximum Gasteiger partial charge on any atom is 0.371 e. The zero-order valence-electron chi connectivity index (χ0n) is 11.1. The number of amides is 1. The first kappa shape index (κ1) is 16.2. The molecule has 1 heterocycles. The lowest BCUT2D eigenvalue weighted by Gasteiger charge is -2.15. The van der Waals surface area contributed by atoms with Crippen LogP contribution in [0.1, 0.15) is 23.2 Å². The SMILES string of the molecule is CCS(=O)(=O)N(C)CC(=O)NCc1ccc(C(=O)O)o1. The second-order valence-electron chi connectivity index (χ2n) is 4.00. The number of hydrogen-bond acceptors (Lipinski definition) is 5. The molecule has 0 fully saturated rings. The Morgan fingerprint density at radius 3 is 2.55 bits per heavy atom. The van der Waals surface area contributed by atoms with Gasteiger partial charge in [-0.2, -0.15) is 4.31 Å². The van der Waals surface area contributed by atoms with Crippen LogP contribution < -0.4 is 5.32 Å². The molecule has 9 heteroatoms. The van der Waals surface area contributed by atoms with Crippen LogP contribution >= 0.6 is 0 Å². The molecule has 0 spiro atoms. The molecule has 1 amide bonds. The van der Waals surface area contributed by atoms with Crippen LogP contribution in [0.25, 0.3) is 0 Å². The van der Waals surface area contributed by atoms with Crippen molar-refractivity contribution < 1.29 is 27.5 Å². The van der Waals surface area contributed by atoms with E-state index in [1.807, 2.05) is 0 Å². The zero-order valence-corrected chi connectivity index (χ0v) is 11.9. The van der Waals surface area contributed by atoms with Gasteiger partial charge in [-0.1, -0.05) is 0 Å². The largest absolute Gasteiger partial charge is 0.475 e. The van der Waals surface area contributed by atoms with Crippen LogP contribution in [0.3, 0.4) is 0 Å². The molecule has 0 saturated heterocycles. The number of carboxylic acid groups (broad SMARTS) is 1. The summed E-state index contributed by atoms with van der Waals surface area (Å²) in [5.74, 6) is -1.73. The monoisotopic (exact) mass is 304 g/mol. The van der Waals surface area contributed by atoms with Gasteiger partial charge in [0.1, 0.15) is 5.76 Å². The maximum atomic E-state index is 11.6. The highest BCUT2D eigenvalue weighted by Crippen LogP contribution is 2.07. The summed E-state index contributed by atoms with van der Waals surface area (Å²) in [7, 11) is -2.10. The molecule has 1 rings (SSSR count). The summed E-state index contributed by atoms with van der Waals surface area (Å²) in [5.41, 5.74) is 0. The van der Waals surface area contributed by atoms with Gasteiger partial charge >= 0.3 is 5.97 Å². The third kappa shape index (κ3) is 4.35. The number of carbonyl (C=O) groups excluding carboxylic acids is 1. The van der Waals surface area contributed by atoms with Crippen molar-refractivity contribution in [2.75, 3.05) is 19.3 Å². The van der Waals surface area contributed by atoms with Crippen LogP contribution in [0.5, 0.6) is 0 Å². The van der Waals surface area contributed by atoms with E-state index < -0.39 is 21.9 Å². The number of carbonyl (C=O) groups is 2. The minimum Gasteiger partial charge on any atom is -0.475 e. The molecule has 1 aromatic rings. The second kappa shape index (κ2) is 6.53. The van der Waals surface area contributed by atoms with E-state index >= 15 is 0 Å². The lowest BCUT2D eigenvalue weighted by molar-refractivity contribution is -0.121. The van der Waals surface area contributed by atoms with Gasteiger partial charge in [0.05, 0.1) is 18.8 Å². The smallest absolute Gasteiger partial charge is 0.371 e. The number of nitrogens with one attached hydrogen (secondary N) is 1. The summed E-state index contributed by atoms with van der Waals surface area (Å²) >= 11 is 0. The van der Waals surface area contributed by atoms with Crippen LogP contribution in [0.4, 0.5) is 0 Å². The molecular weight excluding hydrogens is 288 g/mol. The number of aromatic carboxylic acids is 1. The molecule has 0 unspecified atom stereocenters. The standard InChI is InChI=1S/C11H16N2O6S/c1-3-20(17,18)13(2)7-10(14)12-6-8-4-5-9(19-8)11(15)16/h4-5H,3,6-7H2,1-2H3,(H,12,14)(H,15,16). The third-order valence-electron chi connectivity index (χ3n) is 2.54. The van der Waals surface area contributed by atoms with Crippen LogP contribution in [-0.2, 0) is 21.4 Å². The number of likely N-dealkylation sites (N-methyl/N-ethyl adjacent to an activating group) is 1. The van der Waals surface area contributed by atoms with Crippen LogP contribution in [0, 0.1) is 0 Å². The maximum absolute atomic E-state index is 11.6. The molecule has 20 heavy (non-hydrogen) atoms. The minimum atomic E-state index is -3.41. The molecule has 0 aliphatic carbocycles. The third-order valence-corrected chi connectivity index (χ3v) is 4.35. The lowest BCUT2D eigenvalue weighted by Crippen LogP contribution is -2.38. The van der Waals surface area contributed by atoms with E-state index in [2.05, 4.69) is 5.32 Å². The predicted molar refractivity (Wildman–Crippen MR) is 69.6 cm³/mol. The van der Waals surface area contributed by atoms with Gasteiger partial charge in [-0.3, -0.25) is 4.79 Å². The molecule has 8 nitrogen and oxygen atoms in total. The number of hydrogen-bond donors (Lipinski definition) is 2. The van der Waals surface area contributed by atoms with Gasteiger partial charge in [0.2, 0.25) is 21.7 Å². The molecule has 0 radical (unpaired) electrons. The van der Waals surface area contributed by atoms with Gasteiger partial charge in [-0.15, -0.1) is 0 Å². The van der Waals surface area contributed by atoms with Crippen molar-refractivity contribution in [3.05, 3.63) is 23.7 Å². The molecule has 0 atom stereocenters. The average Bonchev–Trinajstić information content (AvgIpc) is 2.85. The average molecular weight is 304 g/mol. The van der Waals surface area contributed by atoms with Crippen LogP contribution in [0.15, 0.2) is 16.5 Å². The first-order valence-corrected chi connectivity index (χ1v) is 7.40. The normalized spacial score (nSPS) is 11.6. The van der Waals surface area contributed by atoms with Crippen molar-refractivity contribution in [3.8, 4) is 0 Å². The van der Waals surface area contributed by atoms with E-state index in [0.29, 0.717) is 0 Å². The molecule has 2 N–H and O–H groups in total. The second-order valence-corrected chi connectivity index (χ2v) is 6.37. The van der Waals surface area contributed by atoms with Gasteiger partial charge in [0.25, 0.3) is 0 Å². The highest BCUT2D eigenvalue weighted by Gasteiger charge is 2.18. The summed E-state index contributed by atoms with van der Waals surface area (Å²) < 4.78 is 28.8. The summed E-state index contributed by atoms with van der Waals surface area (Å²) in [6.45, 7) is 1.18. The summed E-state index contributed by atoms with van der Waals surface area (Å²) in [5, 5.41) is 11.1. The topological polar surface area (TPSA) is 117 Å². The fourth-order valence-corrected chi connectivity index (χ4v) is 2.11. The van der Waals surface area contributed by atoms with Gasteiger partial charge in [0.15, 0.2) is 0 Å².